The normalized spacial score (nSPS) is 11.1. The minimum atomic E-state index is -0.0948. The van der Waals surface area contributed by atoms with Crippen LogP contribution < -0.4 is 10.3 Å². The Morgan fingerprint density at radius 1 is 1.35 bits per heavy atom. The molecule has 0 aliphatic carbocycles. The fraction of sp³-hybridized carbons (Fsp3) is 0.308. The van der Waals surface area contributed by atoms with Gasteiger partial charge in [-0.3, -0.25) is 4.79 Å². The molecule has 1 aromatic heterocycles. The molecule has 2 rings (SSSR count). The lowest BCUT2D eigenvalue weighted by Crippen LogP contribution is -2.13. The number of benzene rings is 1. The van der Waals surface area contributed by atoms with Gasteiger partial charge in [0, 0.05) is 10.9 Å². The molecule has 0 amide bonds. The molecule has 1 aromatic carbocycles. The summed E-state index contributed by atoms with van der Waals surface area (Å²) in [6.07, 6.45) is 0. The van der Waals surface area contributed by atoms with Gasteiger partial charge in [0.25, 0.3) is 5.56 Å². The van der Waals surface area contributed by atoms with Crippen molar-refractivity contribution < 1.29 is 4.74 Å². The van der Waals surface area contributed by atoms with Crippen LogP contribution in [0.25, 0.3) is 10.9 Å². The van der Waals surface area contributed by atoms with E-state index in [9.17, 15) is 4.79 Å². The zero-order valence-electron chi connectivity index (χ0n) is 10.0. The van der Waals surface area contributed by atoms with E-state index in [0.29, 0.717) is 16.3 Å². The third-order valence-electron chi connectivity index (χ3n) is 2.79. The first kappa shape index (κ1) is 12.0. The Balaban J connectivity index is 2.79. The van der Waals surface area contributed by atoms with Gasteiger partial charge in [-0.15, -0.1) is 0 Å². The molecule has 0 saturated carbocycles. The molecule has 0 bridgehead atoms. The van der Waals surface area contributed by atoms with Gasteiger partial charge >= 0.3 is 0 Å². The maximum absolute atomic E-state index is 11.9. The standard InChI is InChI=1S/C13H14ClNO2/c1-7(2)9-6-8-4-5-10(17-3)11(14)12(8)15-13(9)16/h4-7H,1-3H3,(H,15,16). The van der Waals surface area contributed by atoms with Crippen LogP contribution in [0.3, 0.4) is 0 Å². The summed E-state index contributed by atoms with van der Waals surface area (Å²) >= 11 is 6.15. The van der Waals surface area contributed by atoms with Crippen LogP contribution in [0.2, 0.25) is 5.02 Å². The Morgan fingerprint density at radius 3 is 2.65 bits per heavy atom. The van der Waals surface area contributed by atoms with Crippen LogP contribution in [-0.2, 0) is 0 Å². The molecule has 4 heteroatoms. The summed E-state index contributed by atoms with van der Waals surface area (Å²) in [5.74, 6) is 0.746. The third-order valence-corrected chi connectivity index (χ3v) is 3.17. The van der Waals surface area contributed by atoms with Crippen molar-refractivity contribution in [1.82, 2.24) is 4.98 Å². The van der Waals surface area contributed by atoms with Gasteiger partial charge in [0.1, 0.15) is 10.8 Å². The Bertz CT molecular complexity index is 617. The van der Waals surface area contributed by atoms with E-state index in [1.54, 1.807) is 13.2 Å². The Hall–Kier alpha value is -1.48. The second kappa shape index (κ2) is 4.41. The first-order valence-corrected chi connectivity index (χ1v) is 5.81. The largest absolute Gasteiger partial charge is 0.495 e. The number of hydrogen-bond donors (Lipinski definition) is 1. The van der Waals surface area contributed by atoms with Crippen LogP contribution in [0.15, 0.2) is 23.0 Å². The molecule has 0 spiro atoms. The molecular weight excluding hydrogens is 238 g/mol. The summed E-state index contributed by atoms with van der Waals surface area (Å²) in [5.41, 5.74) is 1.29. The van der Waals surface area contributed by atoms with E-state index in [0.717, 1.165) is 10.9 Å². The fourth-order valence-electron chi connectivity index (χ4n) is 1.82. The zero-order valence-corrected chi connectivity index (χ0v) is 10.8. The molecule has 2 aromatic rings. The number of aromatic amines is 1. The van der Waals surface area contributed by atoms with Gasteiger partial charge in [0.2, 0.25) is 0 Å². The van der Waals surface area contributed by atoms with Crippen LogP contribution >= 0.6 is 11.6 Å². The van der Waals surface area contributed by atoms with Gasteiger partial charge < -0.3 is 9.72 Å². The quantitative estimate of drug-likeness (QED) is 0.890. The summed E-state index contributed by atoms with van der Waals surface area (Å²) < 4.78 is 5.12. The highest BCUT2D eigenvalue weighted by Crippen LogP contribution is 2.31. The van der Waals surface area contributed by atoms with Crippen LogP contribution in [0.5, 0.6) is 5.75 Å². The van der Waals surface area contributed by atoms with Crippen LogP contribution in [0, 0.1) is 0 Å². The monoisotopic (exact) mass is 251 g/mol. The van der Waals surface area contributed by atoms with Gasteiger partial charge in [-0.2, -0.15) is 0 Å². The maximum Gasteiger partial charge on any atom is 0.251 e. The molecular formula is C13H14ClNO2. The Morgan fingerprint density at radius 2 is 2.06 bits per heavy atom. The van der Waals surface area contributed by atoms with Crippen molar-refractivity contribution in [3.63, 3.8) is 0 Å². The molecule has 0 aliphatic rings. The third kappa shape index (κ3) is 2.03. The number of aromatic nitrogens is 1. The van der Waals surface area contributed by atoms with E-state index in [1.165, 1.54) is 0 Å². The first-order valence-electron chi connectivity index (χ1n) is 5.44. The smallest absolute Gasteiger partial charge is 0.251 e. The number of ether oxygens (including phenoxy) is 1. The lowest BCUT2D eigenvalue weighted by atomic mass is 10.0. The van der Waals surface area contributed by atoms with Crippen LogP contribution in [0.4, 0.5) is 0 Å². The summed E-state index contributed by atoms with van der Waals surface area (Å²) in [6.45, 7) is 3.98. The predicted octanol–water partition coefficient (Wildman–Crippen LogP) is 3.31. The van der Waals surface area contributed by atoms with Gasteiger partial charge in [-0.1, -0.05) is 25.4 Å². The Labute approximate surface area is 104 Å². The molecule has 0 unspecified atom stereocenters. The van der Waals surface area contributed by atoms with E-state index in [1.807, 2.05) is 26.0 Å². The van der Waals surface area contributed by atoms with Crippen molar-refractivity contribution in [3.8, 4) is 5.75 Å². The minimum Gasteiger partial charge on any atom is -0.495 e. The molecule has 1 N–H and O–H groups in total. The molecule has 17 heavy (non-hydrogen) atoms. The van der Waals surface area contributed by atoms with Gasteiger partial charge in [-0.05, 0) is 24.1 Å². The van der Waals surface area contributed by atoms with Crippen LogP contribution in [-0.4, -0.2) is 12.1 Å². The molecule has 0 aliphatic heterocycles. The van der Waals surface area contributed by atoms with Crippen molar-refractivity contribution in [1.29, 1.82) is 0 Å². The molecule has 3 nitrogen and oxygen atoms in total. The van der Waals surface area contributed by atoms with Crippen molar-refractivity contribution in [2.75, 3.05) is 7.11 Å². The highest BCUT2D eigenvalue weighted by Gasteiger charge is 2.11. The lowest BCUT2D eigenvalue weighted by molar-refractivity contribution is 0.415. The zero-order chi connectivity index (χ0) is 12.6. The highest BCUT2D eigenvalue weighted by molar-refractivity contribution is 6.36. The number of rotatable bonds is 2. The van der Waals surface area contributed by atoms with Crippen molar-refractivity contribution in [2.24, 2.45) is 0 Å². The average Bonchev–Trinajstić information content (AvgIpc) is 2.29. The number of halogens is 1. The summed E-state index contributed by atoms with van der Waals surface area (Å²) in [7, 11) is 1.55. The number of hydrogen-bond acceptors (Lipinski definition) is 2. The SMILES string of the molecule is COc1ccc2cc(C(C)C)c(=O)[nH]c2c1Cl. The van der Waals surface area contributed by atoms with E-state index in [4.69, 9.17) is 16.3 Å². The van der Waals surface area contributed by atoms with Crippen molar-refractivity contribution in [2.45, 2.75) is 19.8 Å². The molecule has 0 fully saturated rings. The second-order valence-electron chi connectivity index (χ2n) is 4.25. The number of nitrogens with one attached hydrogen (secondary N) is 1. The van der Waals surface area contributed by atoms with E-state index >= 15 is 0 Å². The minimum absolute atomic E-state index is 0.0948. The average molecular weight is 252 g/mol. The number of H-pyrrole nitrogens is 1. The first-order chi connectivity index (χ1) is 8.04. The highest BCUT2D eigenvalue weighted by atomic mass is 35.5. The fourth-order valence-corrected chi connectivity index (χ4v) is 2.12. The second-order valence-corrected chi connectivity index (χ2v) is 4.63. The molecule has 90 valence electrons. The molecule has 1 heterocycles. The predicted molar refractivity (Wildman–Crippen MR) is 70.2 cm³/mol. The molecule has 0 radical (unpaired) electrons. The lowest BCUT2D eigenvalue weighted by Gasteiger charge is -2.09. The Kier molecular flexibility index (Phi) is 3.11. The number of fused-ring (bicyclic) bond motifs is 1. The molecule has 0 atom stereocenters. The van der Waals surface area contributed by atoms with Gasteiger partial charge in [0.15, 0.2) is 0 Å². The van der Waals surface area contributed by atoms with E-state index in [-0.39, 0.29) is 11.5 Å². The maximum atomic E-state index is 11.9. The number of methoxy groups -OCH3 is 1. The van der Waals surface area contributed by atoms with Gasteiger partial charge in [0.05, 0.1) is 12.6 Å². The topological polar surface area (TPSA) is 42.1 Å². The number of pyridine rings is 1. The van der Waals surface area contributed by atoms with Crippen molar-refractivity contribution in [3.05, 3.63) is 39.1 Å². The summed E-state index contributed by atoms with van der Waals surface area (Å²) in [6, 6.07) is 5.57. The van der Waals surface area contributed by atoms with Gasteiger partial charge in [-0.25, -0.2) is 0 Å². The van der Waals surface area contributed by atoms with Crippen LogP contribution in [0.1, 0.15) is 25.3 Å². The van der Waals surface area contributed by atoms with E-state index in [2.05, 4.69) is 4.98 Å². The summed E-state index contributed by atoms with van der Waals surface area (Å²) in [5, 5.41) is 1.36. The summed E-state index contributed by atoms with van der Waals surface area (Å²) in [4.78, 5) is 14.7. The van der Waals surface area contributed by atoms with Crippen molar-refractivity contribution >= 4 is 22.5 Å². The van der Waals surface area contributed by atoms with E-state index < -0.39 is 0 Å². The molecule has 0 saturated heterocycles.